The summed E-state index contributed by atoms with van der Waals surface area (Å²) in [5.74, 6) is 0.767. The number of halogens is 1. The number of imidazole rings is 1. The van der Waals surface area contributed by atoms with E-state index in [4.69, 9.17) is 11.6 Å². The number of hydrogen-bond acceptors (Lipinski definition) is 3. The molecule has 0 saturated carbocycles. The number of fused-ring (bicyclic) bond motifs is 1. The first-order valence-electron chi connectivity index (χ1n) is 7.27. The van der Waals surface area contributed by atoms with Crippen LogP contribution in [-0.4, -0.2) is 24.3 Å². The van der Waals surface area contributed by atoms with Crippen molar-refractivity contribution in [1.82, 2.24) is 24.3 Å². The Labute approximate surface area is 138 Å². The predicted octanol–water partition coefficient (Wildman–Crippen LogP) is 3.53. The maximum atomic E-state index is 6.54. The quantitative estimate of drug-likeness (QED) is 0.579. The number of benzene rings is 1. The predicted molar refractivity (Wildman–Crippen MR) is 90.3 cm³/mol. The van der Waals surface area contributed by atoms with Crippen molar-refractivity contribution >= 4 is 22.8 Å². The molecule has 0 amide bonds. The van der Waals surface area contributed by atoms with Gasteiger partial charge in [-0.25, -0.2) is 14.6 Å². The Hall–Kier alpha value is -2.66. The zero-order valence-electron chi connectivity index (χ0n) is 12.5. The zero-order chi connectivity index (χ0) is 15.8. The number of aryl methyl sites for hydroxylation is 1. The van der Waals surface area contributed by atoms with Gasteiger partial charge >= 0.3 is 0 Å². The Kier molecular flexibility index (Phi) is 3.35. The van der Waals surface area contributed by atoms with E-state index in [1.807, 2.05) is 41.9 Å². The number of hydrogen-bond donors (Lipinski definition) is 0. The maximum absolute atomic E-state index is 6.54. The summed E-state index contributed by atoms with van der Waals surface area (Å²) >= 11 is 6.54. The molecular formula is C17H14ClN5. The van der Waals surface area contributed by atoms with Crippen LogP contribution in [0.15, 0.2) is 54.9 Å². The highest BCUT2D eigenvalue weighted by Gasteiger charge is 2.17. The lowest BCUT2D eigenvalue weighted by Gasteiger charge is -2.04. The summed E-state index contributed by atoms with van der Waals surface area (Å²) in [6.07, 6.45) is 3.49. The minimum atomic E-state index is 0.576. The molecule has 0 N–H and O–H groups in total. The largest absolute Gasteiger partial charge is 0.326 e. The van der Waals surface area contributed by atoms with Crippen LogP contribution in [-0.2, 0) is 13.6 Å². The zero-order valence-corrected chi connectivity index (χ0v) is 13.3. The van der Waals surface area contributed by atoms with Gasteiger partial charge in [0.2, 0.25) is 0 Å². The fourth-order valence-electron chi connectivity index (χ4n) is 2.65. The van der Waals surface area contributed by atoms with Gasteiger partial charge in [0.05, 0.1) is 23.8 Å². The van der Waals surface area contributed by atoms with E-state index >= 15 is 0 Å². The summed E-state index contributed by atoms with van der Waals surface area (Å²) < 4.78 is 3.76. The molecule has 0 bridgehead atoms. The second kappa shape index (κ2) is 5.52. The van der Waals surface area contributed by atoms with E-state index in [1.165, 1.54) is 0 Å². The molecule has 0 spiro atoms. The van der Waals surface area contributed by atoms with Crippen LogP contribution in [0.2, 0.25) is 5.15 Å². The summed E-state index contributed by atoms with van der Waals surface area (Å²) in [5, 5.41) is 4.99. The average Bonchev–Trinajstić information content (AvgIpc) is 3.10. The third kappa shape index (κ3) is 2.39. The smallest absolute Gasteiger partial charge is 0.178 e. The van der Waals surface area contributed by atoms with E-state index in [1.54, 1.807) is 17.1 Å². The monoisotopic (exact) mass is 323 g/mol. The lowest BCUT2D eigenvalue weighted by Crippen LogP contribution is -2.01. The van der Waals surface area contributed by atoms with Gasteiger partial charge in [0.15, 0.2) is 5.65 Å². The van der Waals surface area contributed by atoms with Crippen molar-refractivity contribution < 1.29 is 0 Å². The van der Waals surface area contributed by atoms with Crippen LogP contribution >= 0.6 is 11.6 Å². The molecule has 1 aromatic carbocycles. The topological polar surface area (TPSA) is 48.5 Å². The molecule has 4 aromatic rings. The molecule has 0 aliphatic rings. The van der Waals surface area contributed by atoms with E-state index in [-0.39, 0.29) is 0 Å². The van der Waals surface area contributed by atoms with Crippen LogP contribution in [0.3, 0.4) is 0 Å². The molecule has 5 nitrogen and oxygen atoms in total. The van der Waals surface area contributed by atoms with Gasteiger partial charge in [-0.05, 0) is 17.7 Å². The molecule has 23 heavy (non-hydrogen) atoms. The second-order valence-electron chi connectivity index (χ2n) is 5.33. The first-order chi connectivity index (χ1) is 11.2. The van der Waals surface area contributed by atoms with Crippen molar-refractivity contribution in [2.75, 3.05) is 0 Å². The van der Waals surface area contributed by atoms with Gasteiger partial charge in [-0.15, -0.1) is 0 Å². The van der Waals surface area contributed by atoms with Crippen molar-refractivity contribution in [3.8, 4) is 11.4 Å². The summed E-state index contributed by atoms with van der Waals surface area (Å²) in [6, 6.07) is 14.0. The van der Waals surface area contributed by atoms with E-state index in [0.29, 0.717) is 17.3 Å². The highest BCUT2D eigenvalue weighted by molar-refractivity contribution is 6.32. The fourth-order valence-corrected chi connectivity index (χ4v) is 2.89. The van der Waals surface area contributed by atoms with Crippen LogP contribution in [0.4, 0.5) is 0 Å². The van der Waals surface area contributed by atoms with E-state index in [0.717, 1.165) is 22.5 Å². The number of pyridine rings is 1. The Morgan fingerprint density at radius 1 is 1.09 bits per heavy atom. The third-order valence-electron chi connectivity index (χ3n) is 3.85. The van der Waals surface area contributed by atoms with Crippen molar-refractivity contribution in [2.45, 2.75) is 6.54 Å². The van der Waals surface area contributed by atoms with Gasteiger partial charge in [0.1, 0.15) is 11.0 Å². The molecule has 3 aromatic heterocycles. The normalized spacial score (nSPS) is 11.2. The molecule has 0 fully saturated rings. The fraction of sp³-hybridized carbons (Fsp3) is 0.118. The molecule has 6 heteroatoms. The van der Waals surface area contributed by atoms with Crippen molar-refractivity contribution in [3.63, 3.8) is 0 Å². The van der Waals surface area contributed by atoms with Crippen LogP contribution in [0.5, 0.6) is 0 Å². The summed E-state index contributed by atoms with van der Waals surface area (Å²) in [4.78, 5) is 8.87. The SMILES string of the molecule is Cn1c(-c2cnn(Cc3ccccc3)c2Cl)nc2ncccc21. The average molecular weight is 324 g/mol. The van der Waals surface area contributed by atoms with Gasteiger partial charge in [-0.3, -0.25) is 0 Å². The molecule has 114 valence electrons. The van der Waals surface area contributed by atoms with E-state index in [2.05, 4.69) is 27.2 Å². The van der Waals surface area contributed by atoms with Gasteiger partial charge < -0.3 is 4.57 Å². The minimum absolute atomic E-state index is 0.576. The van der Waals surface area contributed by atoms with Crippen LogP contribution in [0, 0.1) is 0 Å². The molecule has 4 rings (SSSR count). The molecule has 0 unspecified atom stereocenters. The number of aromatic nitrogens is 5. The van der Waals surface area contributed by atoms with Crippen molar-refractivity contribution in [2.24, 2.45) is 7.05 Å². The minimum Gasteiger partial charge on any atom is -0.326 e. The second-order valence-corrected chi connectivity index (χ2v) is 5.69. The Morgan fingerprint density at radius 2 is 1.91 bits per heavy atom. The van der Waals surface area contributed by atoms with Gasteiger partial charge in [0, 0.05) is 13.2 Å². The lowest BCUT2D eigenvalue weighted by molar-refractivity contribution is 0.688. The highest BCUT2D eigenvalue weighted by atomic mass is 35.5. The summed E-state index contributed by atoms with van der Waals surface area (Å²) in [7, 11) is 1.96. The Balaban J connectivity index is 1.76. The Bertz CT molecular complexity index is 971. The van der Waals surface area contributed by atoms with Crippen LogP contribution < -0.4 is 0 Å². The first kappa shape index (κ1) is 14.0. The van der Waals surface area contributed by atoms with Gasteiger partial charge in [-0.2, -0.15) is 5.10 Å². The lowest BCUT2D eigenvalue weighted by atomic mass is 10.2. The first-order valence-corrected chi connectivity index (χ1v) is 7.65. The molecule has 0 aliphatic heterocycles. The standard InChI is InChI=1S/C17H14ClN5/c1-22-14-8-5-9-19-16(14)21-17(22)13-10-20-23(15(13)18)11-12-6-3-2-4-7-12/h2-10H,11H2,1H3. The van der Waals surface area contributed by atoms with Gasteiger partial charge in [-0.1, -0.05) is 41.9 Å². The van der Waals surface area contributed by atoms with Crippen molar-refractivity contribution in [1.29, 1.82) is 0 Å². The molecule has 0 radical (unpaired) electrons. The molecule has 0 aliphatic carbocycles. The molecule has 0 atom stereocenters. The summed E-state index contributed by atoms with van der Waals surface area (Å²) in [5.41, 5.74) is 3.63. The summed E-state index contributed by atoms with van der Waals surface area (Å²) in [6.45, 7) is 0.627. The highest BCUT2D eigenvalue weighted by Crippen LogP contribution is 2.29. The van der Waals surface area contributed by atoms with Crippen LogP contribution in [0.25, 0.3) is 22.6 Å². The number of rotatable bonds is 3. The molecule has 3 heterocycles. The Morgan fingerprint density at radius 3 is 2.70 bits per heavy atom. The van der Waals surface area contributed by atoms with Gasteiger partial charge in [0.25, 0.3) is 0 Å². The van der Waals surface area contributed by atoms with E-state index in [9.17, 15) is 0 Å². The number of nitrogens with zero attached hydrogens (tertiary/aromatic N) is 5. The van der Waals surface area contributed by atoms with E-state index < -0.39 is 0 Å². The van der Waals surface area contributed by atoms with Crippen LogP contribution in [0.1, 0.15) is 5.56 Å². The van der Waals surface area contributed by atoms with Crippen molar-refractivity contribution in [3.05, 3.63) is 65.6 Å². The third-order valence-corrected chi connectivity index (χ3v) is 4.25. The molecule has 0 saturated heterocycles. The molecular weight excluding hydrogens is 310 g/mol. The maximum Gasteiger partial charge on any atom is 0.178 e.